The van der Waals surface area contributed by atoms with E-state index in [2.05, 4.69) is 30.7 Å². The molecule has 2 rings (SSSR count). The van der Waals surface area contributed by atoms with Gasteiger partial charge in [-0.15, -0.1) is 0 Å². The minimum Gasteiger partial charge on any atom is -0.410 e. The quantitative estimate of drug-likeness (QED) is 0.774. The summed E-state index contributed by atoms with van der Waals surface area (Å²) in [4.78, 5) is 16.1. The summed E-state index contributed by atoms with van der Waals surface area (Å²) >= 11 is 5.82. The number of hydrogen-bond acceptors (Lipinski definition) is 3. The van der Waals surface area contributed by atoms with Crippen LogP contribution in [0.1, 0.15) is 26.2 Å². The van der Waals surface area contributed by atoms with Gasteiger partial charge in [0, 0.05) is 24.0 Å². The van der Waals surface area contributed by atoms with Gasteiger partial charge < -0.3 is 9.64 Å². The van der Waals surface area contributed by atoms with Gasteiger partial charge >= 0.3 is 6.09 Å². The Morgan fingerprint density at radius 1 is 1.33 bits per heavy atom. The molecule has 0 aromatic heterocycles. The summed E-state index contributed by atoms with van der Waals surface area (Å²) in [6.07, 6.45) is 2.65. The first-order valence-corrected chi connectivity index (χ1v) is 8.85. The predicted molar refractivity (Wildman–Crippen MR) is 97.3 cm³/mol. The van der Waals surface area contributed by atoms with Crippen molar-refractivity contribution < 1.29 is 9.53 Å². The summed E-state index contributed by atoms with van der Waals surface area (Å²) in [7, 11) is 2.09. The molecule has 5 heteroatoms. The van der Waals surface area contributed by atoms with Crippen LogP contribution in [0, 0.1) is 17.8 Å². The number of nitrogens with zero attached hydrogens (tertiary/aromatic N) is 2. The first kappa shape index (κ1) is 18.6. The van der Waals surface area contributed by atoms with Crippen LogP contribution in [0.15, 0.2) is 24.3 Å². The summed E-state index contributed by atoms with van der Waals surface area (Å²) in [6, 6.07) is 6.82. The molecule has 0 radical (unpaired) electrons. The molecule has 1 aromatic carbocycles. The third kappa shape index (κ3) is 6.07. The summed E-state index contributed by atoms with van der Waals surface area (Å²) in [5.74, 6) is 7.49. The maximum Gasteiger partial charge on any atom is 0.415 e. The number of rotatable bonds is 4. The van der Waals surface area contributed by atoms with Crippen LogP contribution < -0.4 is 4.74 Å². The Morgan fingerprint density at radius 3 is 2.62 bits per heavy atom. The van der Waals surface area contributed by atoms with Crippen LogP contribution in [0.2, 0.25) is 5.02 Å². The van der Waals surface area contributed by atoms with Gasteiger partial charge in [-0.05, 0) is 57.1 Å². The van der Waals surface area contributed by atoms with Gasteiger partial charge in [-0.2, -0.15) is 0 Å². The highest BCUT2D eigenvalue weighted by Gasteiger charge is 2.23. The van der Waals surface area contributed by atoms with Crippen molar-refractivity contribution >= 4 is 17.7 Å². The number of carbonyl (C=O) groups is 1. The van der Waals surface area contributed by atoms with E-state index in [0.717, 1.165) is 32.4 Å². The fourth-order valence-corrected chi connectivity index (χ4v) is 2.79. The Bertz CT molecular complexity index is 584. The van der Waals surface area contributed by atoms with Crippen molar-refractivity contribution in [2.75, 3.05) is 33.2 Å². The highest BCUT2D eigenvalue weighted by Crippen LogP contribution is 2.20. The molecular formula is C19H25ClN2O2. The van der Waals surface area contributed by atoms with Gasteiger partial charge in [0.2, 0.25) is 0 Å². The molecule has 24 heavy (non-hydrogen) atoms. The first-order valence-electron chi connectivity index (χ1n) is 8.47. The van der Waals surface area contributed by atoms with E-state index >= 15 is 0 Å². The number of halogens is 1. The highest BCUT2D eigenvalue weighted by molar-refractivity contribution is 6.30. The fraction of sp³-hybridized carbons (Fsp3) is 0.526. The van der Waals surface area contributed by atoms with Crippen molar-refractivity contribution in [3.63, 3.8) is 0 Å². The smallest absolute Gasteiger partial charge is 0.410 e. The second-order valence-corrected chi connectivity index (χ2v) is 6.58. The predicted octanol–water partition coefficient (Wildman–Crippen LogP) is 3.90. The second kappa shape index (κ2) is 9.56. The maximum atomic E-state index is 12.2. The molecule has 0 saturated carbocycles. The van der Waals surface area contributed by atoms with E-state index in [1.54, 1.807) is 29.2 Å². The average Bonchev–Trinajstić information content (AvgIpc) is 2.58. The second-order valence-electron chi connectivity index (χ2n) is 6.14. The number of piperidine rings is 1. The van der Waals surface area contributed by atoms with Crippen LogP contribution in [0.5, 0.6) is 5.75 Å². The molecule has 1 aromatic rings. The van der Waals surface area contributed by atoms with Crippen LogP contribution in [0.3, 0.4) is 0 Å². The standard InChI is InChI=1S/C19H25ClN2O2/c1-3-12-21(2)13-4-5-16-10-14-22(15-11-16)19(23)24-18-8-6-17(20)7-9-18/h6-9,16H,3,10-15H2,1-2H3. The molecule has 130 valence electrons. The number of likely N-dealkylation sites (tertiary alicyclic amines) is 1. The maximum absolute atomic E-state index is 12.2. The van der Waals surface area contributed by atoms with Crippen molar-refractivity contribution in [2.45, 2.75) is 26.2 Å². The molecule has 1 aliphatic rings. The zero-order valence-corrected chi connectivity index (χ0v) is 15.2. The van der Waals surface area contributed by atoms with E-state index in [9.17, 15) is 4.79 Å². The average molecular weight is 349 g/mol. The van der Waals surface area contributed by atoms with E-state index in [1.807, 2.05) is 0 Å². The highest BCUT2D eigenvalue weighted by atomic mass is 35.5. The van der Waals surface area contributed by atoms with Crippen LogP contribution in [0.25, 0.3) is 0 Å². The molecule has 1 fully saturated rings. The van der Waals surface area contributed by atoms with Crippen LogP contribution >= 0.6 is 11.6 Å². The number of ether oxygens (including phenoxy) is 1. The van der Waals surface area contributed by atoms with Crippen LogP contribution in [0.4, 0.5) is 4.79 Å². The topological polar surface area (TPSA) is 32.8 Å². The zero-order chi connectivity index (χ0) is 17.4. The summed E-state index contributed by atoms with van der Waals surface area (Å²) < 4.78 is 5.37. The zero-order valence-electron chi connectivity index (χ0n) is 14.4. The SMILES string of the molecule is CCCN(C)CC#CC1CCN(C(=O)Oc2ccc(Cl)cc2)CC1. The van der Waals surface area contributed by atoms with Crippen molar-refractivity contribution in [1.29, 1.82) is 0 Å². The monoisotopic (exact) mass is 348 g/mol. The molecule has 1 saturated heterocycles. The molecule has 0 aliphatic carbocycles. The lowest BCUT2D eigenvalue weighted by Crippen LogP contribution is -2.39. The lowest BCUT2D eigenvalue weighted by Gasteiger charge is -2.29. The van der Waals surface area contributed by atoms with Gasteiger partial charge in [0.05, 0.1) is 6.54 Å². The van der Waals surface area contributed by atoms with Crippen molar-refractivity contribution in [3.05, 3.63) is 29.3 Å². The van der Waals surface area contributed by atoms with Gasteiger partial charge in [-0.25, -0.2) is 4.79 Å². The number of carbonyl (C=O) groups excluding carboxylic acids is 1. The first-order chi connectivity index (χ1) is 11.6. The van der Waals surface area contributed by atoms with Crippen LogP contribution in [-0.2, 0) is 0 Å². The van der Waals surface area contributed by atoms with Gasteiger partial charge in [0.1, 0.15) is 5.75 Å². The molecule has 1 aliphatic heterocycles. The van der Waals surface area contributed by atoms with Crippen molar-refractivity contribution in [2.24, 2.45) is 5.92 Å². The van der Waals surface area contributed by atoms with E-state index in [0.29, 0.717) is 29.8 Å². The summed E-state index contributed by atoms with van der Waals surface area (Å²) in [5.41, 5.74) is 0. The van der Waals surface area contributed by atoms with Crippen molar-refractivity contribution in [1.82, 2.24) is 9.80 Å². The van der Waals surface area contributed by atoms with E-state index in [4.69, 9.17) is 16.3 Å². The van der Waals surface area contributed by atoms with Gasteiger partial charge in [-0.1, -0.05) is 30.4 Å². The molecular weight excluding hydrogens is 324 g/mol. The molecule has 4 nitrogen and oxygen atoms in total. The molecule has 1 amide bonds. The van der Waals surface area contributed by atoms with Gasteiger partial charge in [0.25, 0.3) is 0 Å². The lowest BCUT2D eigenvalue weighted by molar-refractivity contribution is 0.137. The molecule has 0 spiro atoms. The van der Waals surface area contributed by atoms with E-state index < -0.39 is 0 Å². The van der Waals surface area contributed by atoms with E-state index in [-0.39, 0.29) is 6.09 Å². The third-order valence-electron chi connectivity index (χ3n) is 4.03. The number of amides is 1. The summed E-state index contributed by atoms with van der Waals surface area (Å²) in [5, 5.41) is 0.624. The molecule has 0 unspecified atom stereocenters. The van der Waals surface area contributed by atoms with E-state index in [1.165, 1.54) is 0 Å². The van der Waals surface area contributed by atoms with Gasteiger partial charge in [-0.3, -0.25) is 4.90 Å². The minimum absolute atomic E-state index is 0.300. The van der Waals surface area contributed by atoms with Crippen molar-refractivity contribution in [3.8, 4) is 17.6 Å². The Labute approximate surface area is 149 Å². The minimum atomic E-state index is -0.300. The Kier molecular flexibility index (Phi) is 7.42. The fourth-order valence-electron chi connectivity index (χ4n) is 2.66. The molecule has 0 bridgehead atoms. The number of hydrogen-bond donors (Lipinski definition) is 0. The van der Waals surface area contributed by atoms with Gasteiger partial charge in [0.15, 0.2) is 0 Å². The normalized spacial score (nSPS) is 15.1. The Balaban J connectivity index is 1.75. The Hall–Kier alpha value is -1.70. The molecule has 0 N–H and O–H groups in total. The number of benzene rings is 1. The molecule has 1 heterocycles. The Morgan fingerprint density at radius 2 is 2.00 bits per heavy atom. The third-order valence-corrected chi connectivity index (χ3v) is 4.28. The lowest BCUT2D eigenvalue weighted by atomic mass is 9.98. The summed E-state index contributed by atoms with van der Waals surface area (Å²) in [6.45, 7) is 5.44. The van der Waals surface area contributed by atoms with Crippen LogP contribution in [-0.4, -0.2) is 49.1 Å². The molecule has 0 atom stereocenters. The largest absolute Gasteiger partial charge is 0.415 e.